The number of piperidine rings is 1. The number of amides is 1. The number of carbonyl (C=O) groups is 1. The largest absolute Gasteiger partial charge is 0.444 e. The van der Waals surface area contributed by atoms with E-state index < -0.39 is 16.4 Å². The molecule has 1 aromatic heterocycles. The Bertz CT molecular complexity index is 569. The Balaban J connectivity index is 2.04. The first-order valence-corrected chi connectivity index (χ1v) is 8.79. The zero-order chi connectivity index (χ0) is 16.3. The molecule has 0 N–H and O–H groups in total. The molecule has 0 spiro atoms. The predicted octanol–water partition coefficient (Wildman–Crippen LogP) is 2.90. The molecule has 1 fully saturated rings. The molecule has 1 aliphatic rings. The first-order chi connectivity index (χ1) is 10.3. The van der Waals surface area contributed by atoms with Crippen molar-refractivity contribution in [3.63, 3.8) is 0 Å². The van der Waals surface area contributed by atoms with Crippen molar-refractivity contribution in [2.45, 2.75) is 56.4 Å². The zero-order valence-corrected chi connectivity index (χ0v) is 14.5. The van der Waals surface area contributed by atoms with Gasteiger partial charge < -0.3 is 9.64 Å². The van der Waals surface area contributed by atoms with E-state index in [-0.39, 0.29) is 11.3 Å². The van der Waals surface area contributed by atoms with Gasteiger partial charge in [-0.25, -0.2) is 9.78 Å². The molecule has 1 aromatic rings. The molecule has 1 amide bonds. The highest BCUT2D eigenvalue weighted by molar-refractivity contribution is 7.85. The number of pyridine rings is 1. The average Bonchev–Trinajstić information content (AvgIpc) is 2.45. The van der Waals surface area contributed by atoms with Crippen LogP contribution in [-0.2, 0) is 15.5 Å². The lowest BCUT2D eigenvalue weighted by Crippen LogP contribution is -2.45. The van der Waals surface area contributed by atoms with Crippen LogP contribution in [0.25, 0.3) is 0 Å². The number of aromatic nitrogens is 1. The summed E-state index contributed by atoms with van der Waals surface area (Å²) in [6.45, 7) is 8.61. The molecule has 0 radical (unpaired) electrons. The fourth-order valence-electron chi connectivity index (χ4n) is 2.39. The monoisotopic (exact) mass is 324 g/mol. The van der Waals surface area contributed by atoms with Gasteiger partial charge in [0.2, 0.25) is 0 Å². The summed E-state index contributed by atoms with van der Waals surface area (Å²) in [6, 6.07) is 3.73. The maximum absolute atomic E-state index is 12.7. The van der Waals surface area contributed by atoms with Crippen LogP contribution in [0.1, 0.15) is 39.2 Å². The fourth-order valence-corrected chi connectivity index (χ4v) is 3.90. The molecule has 2 atom stereocenters. The second-order valence-corrected chi connectivity index (χ2v) is 8.34. The molecule has 6 heteroatoms. The maximum atomic E-state index is 12.7. The van der Waals surface area contributed by atoms with Crippen LogP contribution >= 0.6 is 0 Å². The minimum atomic E-state index is -1.20. The van der Waals surface area contributed by atoms with E-state index in [1.165, 1.54) is 0 Å². The molecule has 2 rings (SSSR count). The Labute approximate surface area is 134 Å². The Morgan fingerprint density at radius 3 is 2.82 bits per heavy atom. The highest BCUT2D eigenvalue weighted by Gasteiger charge is 2.31. The van der Waals surface area contributed by atoms with Gasteiger partial charge in [0.15, 0.2) is 0 Å². The van der Waals surface area contributed by atoms with Crippen LogP contribution < -0.4 is 0 Å². The standard InChI is InChI=1S/C16H24N2O3S/c1-12-7-8-17-14(10-12)22(20)13-6-5-9-18(11-13)15(19)21-16(2,3)4/h7-8,10,13H,5-6,9,11H2,1-4H3/t13-,22+/m1/s1. The summed E-state index contributed by atoms with van der Waals surface area (Å²) in [5.74, 6) is 0. The van der Waals surface area contributed by atoms with E-state index in [1.807, 2.05) is 39.8 Å². The number of hydrogen-bond acceptors (Lipinski definition) is 4. The maximum Gasteiger partial charge on any atom is 0.410 e. The SMILES string of the molecule is Cc1ccnc([S@@](=O)[C@@H]2CCCN(C(=O)OC(C)(C)C)C2)c1. The van der Waals surface area contributed by atoms with Crippen molar-refractivity contribution < 1.29 is 13.7 Å². The summed E-state index contributed by atoms with van der Waals surface area (Å²) in [4.78, 5) is 18.0. The number of carbonyl (C=O) groups excluding carboxylic acids is 1. The third kappa shape index (κ3) is 4.53. The van der Waals surface area contributed by atoms with Gasteiger partial charge in [0.05, 0.1) is 16.0 Å². The Kier molecular flexibility index (Phi) is 5.21. The zero-order valence-electron chi connectivity index (χ0n) is 13.7. The van der Waals surface area contributed by atoms with Gasteiger partial charge in [0, 0.05) is 19.3 Å². The van der Waals surface area contributed by atoms with Gasteiger partial charge in [-0.1, -0.05) is 0 Å². The molecule has 122 valence electrons. The molecule has 0 saturated carbocycles. The van der Waals surface area contributed by atoms with E-state index >= 15 is 0 Å². The second kappa shape index (κ2) is 6.77. The summed E-state index contributed by atoms with van der Waals surface area (Å²) in [5, 5.41) is 0.506. The van der Waals surface area contributed by atoms with E-state index in [0.717, 1.165) is 18.4 Å². The van der Waals surface area contributed by atoms with Crippen molar-refractivity contribution in [3.05, 3.63) is 23.9 Å². The van der Waals surface area contributed by atoms with E-state index in [9.17, 15) is 9.00 Å². The van der Waals surface area contributed by atoms with E-state index in [2.05, 4.69) is 4.98 Å². The molecule has 0 aromatic carbocycles. The number of nitrogens with zero attached hydrogens (tertiary/aromatic N) is 2. The van der Waals surface area contributed by atoms with E-state index in [4.69, 9.17) is 4.74 Å². The van der Waals surface area contributed by atoms with Gasteiger partial charge in [0.25, 0.3) is 0 Å². The Morgan fingerprint density at radius 2 is 2.18 bits per heavy atom. The molecule has 0 bridgehead atoms. The lowest BCUT2D eigenvalue weighted by atomic mass is 10.1. The van der Waals surface area contributed by atoms with Crippen molar-refractivity contribution in [3.8, 4) is 0 Å². The number of ether oxygens (including phenoxy) is 1. The highest BCUT2D eigenvalue weighted by Crippen LogP contribution is 2.21. The summed E-state index contributed by atoms with van der Waals surface area (Å²) in [7, 11) is -1.20. The topological polar surface area (TPSA) is 59.5 Å². The van der Waals surface area contributed by atoms with Gasteiger partial charge >= 0.3 is 6.09 Å². The average molecular weight is 324 g/mol. The van der Waals surface area contributed by atoms with Crippen LogP contribution in [0.4, 0.5) is 4.79 Å². The number of aryl methyl sites for hydroxylation is 1. The number of rotatable bonds is 2. The van der Waals surface area contributed by atoms with Gasteiger partial charge in [0.1, 0.15) is 10.6 Å². The summed E-state index contributed by atoms with van der Waals surface area (Å²) in [5.41, 5.74) is 0.527. The normalized spacial score (nSPS) is 20.5. The molecule has 1 aliphatic heterocycles. The summed E-state index contributed by atoms with van der Waals surface area (Å²) >= 11 is 0. The predicted molar refractivity (Wildman–Crippen MR) is 86.2 cm³/mol. The third-order valence-electron chi connectivity index (χ3n) is 3.43. The van der Waals surface area contributed by atoms with Crippen molar-refractivity contribution in [1.82, 2.24) is 9.88 Å². The van der Waals surface area contributed by atoms with Crippen molar-refractivity contribution in [2.24, 2.45) is 0 Å². The van der Waals surface area contributed by atoms with Crippen molar-refractivity contribution >= 4 is 16.9 Å². The van der Waals surface area contributed by atoms with Gasteiger partial charge in [-0.05, 0) is 58.2 Å². The minimum absolute atomic E-state index is 0.0874. The molecule has 22 heavy (non-hydrogen) atoms. The Hall–Kier alpha value is -1.43. The van der Waals surface area contributed by atoms with Gasteiger partial charge in [-0.2, -0.15) is 0 Å². The lowest BCUT2D eigenvalue weighted by Gasteiger charge is -2.33. The number of likely N-dealkylation sites (tertiary alicyclic amines) is 1. The van der Waals surface area contributed by atoms with Crippen LogP contribution in [0.2, 0.25) is 0 Å². The summed E-state index contributed by atoms with van der Waals surface area (Å²) < 4.78 is 18.1. The van der Waals surface area contributed by atoms with Crippen LogP contribution in [0.5, 0.6) is 0 Å². The van der Waals surface area contributed by atoms with Crippen LogP contribution in [0.15, 0.2) is 23.4 Å². The quantitative estimate of drug-likeness (QED) is 0.839. The van der Waals surface area contributed by atoms with Crippen molar-refractivity contribution in [2.75, 3.05) is 13.1 Å². The second-order valence-electron chi connectivity index (χ2n) is 6.66. The first kappa shape index (κ1) is 16.9. The van der Waals surface area contributed by atoms with Crippen molar-refractivity contribution in [1.29, 1.82) is 0 Å². The first-order valence-electron chi connectivity index (χ1n) is 7.57. The van der Waals surface area contributed by atoms with Crippen LogP contribution in [0, 0.1) is 6.92 Å². The van der Waals surface area contributed by atoms with Gasteiger partial charge in [-0.3, -0.25) is 4.21 Å². The van der Waals surface area contributed by atoms with Crippen LogP contribution in [-0.4, -0.2) is 44.1 Å². The van der Waals surface area contributed by atoms with E-state index in [0.29, 0.717) is 18.1 Å². The fraction of sp³-hybridized carbons (Fsp3) is 0.625. The van der Waals surface area contributed by atoms with Gasteiger partial charge in [-0.15, -0.1) is 0 Å². The Morgan fingerprint density at radius 1 is 1.45 bits per heavy atom. The highest BCUT2D eigenvalue weighted by atomic mass is 32.2. The molecule has 1 saturated heterocycles. The smallest absolute Gasteiger partial charge is 0.410 e. The number of hydrogen-bond donors (Lipinski definition) is 0. The lowest BCUT2D eigenvalue weighted by molar-refractivity contribution is 0.0219. The molecule has 2 heterocycles. The van der Waals surface area contributed by atoms with Crippen LogP contribution in [0.3, 0.4) is 0 Å². The minimum Gasteiger partial charge on any atom is -0.444 e. The van der Waals surface area contributed by atoms with E-state index in [1.54, 1.807) is 11.1 Å². The molecular weight excluding hydrogens is 300 g/mol. The molecule has 5 nitrogen and oxygen atoms in total. The molecule has 0 unspecified atom stereocenters. The molecule has 0 aliphatic carbocycles. The molecular formula is C16H24N2O3S. The third-order valence-corrected chi connectivity index (χ3v) is 5.05. The summed E-state index contributed by atoms with van der Waals surface area (Å²) in [6.07, 6.45) is 3.02.